The van der Waals surface area contributed by atoms with E-state index in [0.29, 0.717) is 5.75 Å². The van der Waals surface area contributed by atoms with Gasteiger partial charge in [0.1, 0.15) is 18.5 Å². The molecule has 0 saturated carbocycles. The van der Waals surface area contributed by atoms with Gasteiger partial charge in [0, 0.05) is 6.92 Å². The van der Waals surface area contributed by atoms with E-state index in [-0.39, 0.29) is 23.0 Å². The van der Waals surface area contributed by atoms with E-state index < -0.39 is 28.7 Å². The lowest BCUT2D eigenvalue weighted by Gasteiger charge is -2.16. The summed E-state index contributed by atoms with van der Waals surface area (Å²) in [5.74, 6) is -1.71. The summed E-state index contributed by atoms with van der Waals surface area (Å²) in [6.45, 7) is 1.18. The van der Waals surface area contributed by atoms with E-state index in [2.05, 4.69) is 10.3 Å². The number of carboxylic acids is 1. The quantitative estimate of drug-likeness (QED) is 0.549. The van der Waals surface area contributed by atoms with Gasteiger partial charge in [-0.3, -0.25) is 9.36 Å². The average molecular weight is 383 g/mol. The van der Waals surface area contributed by atoms with Crippen molar-refractivity contribution < 1.29 is 24.4 Å². The molecule has 138 valence electrons. The van der Waals surface area contributed by atoms with Crippen molar-refractivity contribution in [3.63, 3.8) is 0 Å². The van der Waals surface area contributed by atoms with Gasteiger partial charge in [0.05, 0.1) is 12.1 Å². The van der Waals surface area contributed by atoms with Crippen LogP contribution in [0.5, 0.6) is 5.75 Å². The summed E-state index contributed by atoms with van der Waals surface area (Å²) in [5, 5.41) is 22.7. The summed E-state index contributed by atoms with van der Waals surface area (Å²) >= 11 is 5.99. The largest absolute Gasteiger partial charge is 0.495 e. The molecule has 1 aromatic heterocycles. The molecule has 0 spiro atoms. The highest BCUT2D eigenvalue weighted by Crippen LogP contribution is 2.27. The summed E-state index contributed by atoms with van der Waals surface area (Å²) in [4.78, 5) is 37.4. The Hall–Kier alpha value is -3.14. The van der Waals surface area contributed by atoms with Gasteiger partial charge >= 0.3 is 11.8 Å². The first-order chi connectivity index (χ1) is 12.2. The fourth-order valence-electron chi connectivity index (χ4n) is 2.25. The van der Waals surface area contributed by atoms with Crippen LogP contribution in [-0.2, 0) is 16.1 Å². The van der Waals surface area contributed by atoms with Crippen LogP contribution in [0.4, 0.5) is 5.82 Å². The van der Waals surface area contributed by atoms with Gasteiger partial charge in [-0.2, -0.15) is 0 Å². The first kappa shape index (κ1) is 19.2. The third kappa shape index (κ3) is 4.28. The van der Waals surface area contributed by atoms with E-state index in [4.69, 9.17) is 16.3 Å². The monoisotopic (exact) mass is 382 g/mol. The Morgan fingerprint density at radius 3 is 2.69 bits per heavy atom. The Kier molecular flexibility index (Phi) is 5.78. The minimum atomic E-state index is -1.34. The molecule has 1 aromatic carbocycles. The van der Waals surface area contributed by atoms with Crippen LogP contribution in [0, 0.1) is 17.0 Å². The molecule has 1 heterocycles. The van der Waals surface area contributed by atoms with E-state index in [1.54, 1.807) is 0 Å². The molecule has 1 amide bonds. The molecule has 1 unspecified atom stereocenters. The minimum Gasteiger partial charge on any atom is -0.495 e. The number of nitrogens with zero attached hydrogens (tertiary/aromatic N) is 3. The zero-order chi connectivity index (χ0) is 19.4. The van der Waals surface area contributed by atoms with Gasteiger partial charge in [-0.1, -0.05) is 17.7 Å². The fourth-order valence-corrected chi connectivity index (χ4v) is 2.52. The van der Waals surface area contributed by atoms with Crippen molar-refractivity contribution in [2.45, 2.75) is 19.5 Å². The van der Waals surface area contributed by atoms with Crippen LogP contribution < -0.4 is 10.1 Å². The standard InChI is InChI=1S/C15H15ClN4O6/c1-8-17-12(20(24)25)6-19(8)7-13(21)18-14(15(22)23)9-3-4-11(26-2)10(16)5-9/h3-6,14H,7H2,1-2H3,(H,18,21)(H,22,23). The Morgan fingerprint density at radius 2 is 2.19 bits per heavy atom. The highest BCUT2D eigenvalue weighted by molar-refractivity contribution is 6.32. The summed E-state index contributed by atoms with van der Waals surface area (Å²) in [7, 11) is 1.42. The maximum absolute atomic E-state index is 12.2. The predicted octanol–water partition coefficient (Wildman–Crippen LogP) is 1.70. The highest BCUT2D eigenvalue weighted by Gasteiger charge is 2.24. The zero-order valence-electron chi connectivity index (χ0n) is 13.8. The molecule has 0 aliphatic heterocycles. The second-order valence-electron chi connectivity index (χ2n) is 5.26. The lowest BCUT2D eigenvalue weighted by atomic mass is 10.1. The summed E-state index contributed by atoms with van der Waals surface area (Å²) in [6.07, 6.45) is 1.11. The molecular formula is C15H15ClN4O6. The first-order valence-corrected chi connectivity index (χ1v) is 7.64. The topological polar surface area (TPSA) is 137 Å². The van der Waals surface area contributed by atoms with Gasteiger partial charge in [-0.15, -0.1) is 0 Å². The number of carboxylic acid groups (broad SMARTS) is 1. The number of amides is 1. The van der Waals surface area contributed by atoms with Gasteiger partial charge in [-0.05, 0) is 27.6 Å². The number of nitro groups is 1. The van der Waals surface area contributed by atoms with Crippen molar-refractivity contribution in [1.82, 2.24) is 14.9 Å². The number of nitrogens with one attached hydrogen (secondary N) is 1. The number of methoxy groups -OCH3 is 1. The van der Waals surface area contributed by atoms with Crippen LogP contribution in [0.15, 0.2) is 24.4 Å². The van der Waals surface area contributed by atoms with Gasteiger partial charge in [0.2, 0.25) is 11.7 Å². The van der Waals surface area contributed by atoms with Crippen LogP contribution in [-0.4, -0.2) is 38.6 Å². The van der Waals surface area contributed by atoms with E-state index in [1.165, 1.54) is 36.8 Å². The van der Waals surface area contributed by atoms with E-state index in [0.717, 1.165) is 6.20 Å². The number of ether oxygens (including phenoxy) is 1. The van der Waals surface area contributed by atoms with Crippen molar-refractivity contribution in [3.05, 3.63) is 50.9 Å². The van der Waals surface area contributed by atoms with Crippen molar-refractivity contribution in [2.24, 2.45) is 0 Å². The molecule has 1 atom stereocenters. The summed E-state index contributed by atoms with van der Waals surface area (Å²) in [5.41, 5.74) is 0.255. The maximum Gasteiger partial charge on any atom is 0.381 e. The normalized spacial score (nSPS) is 11.7. The van der Waals surface area contributed by atoms with Crippen molar-refractivity contribution >= 4 is 29.3 Å². The molecule has 0 bridgehead atoms. The molecule has 10 nitrogen and oxygen atoms in total. The number of aliphatic carboxylic acids is 1. The Labute approximate surface area is 152 Å². The average Bonchev–Trinajstić information content (AvgIpc) is 2.93. The third-order valence-corrected chi connectivity index (χ3v) is 3.82. The van der Waals surface area contributed by atoms with E-state index >= 15 is 0 Å². The van der Waals surface area contributed by atoms with Crippen LogP contribution >= 0.6 is 11.6 Å². The molecule has 11 heteroatoms. The maximum atomic E-state index is 12.2. The van der Waals surface area contributed by atoms with E-state index in [1.807, 2.05) is 0 Å². The number of hydrogen-bond donors (Lipinski definition) is 2. The number of imidazole rings is 1. The number of hydrogen-bond acceptors (Lipinski definition) is 6. The van der Waals surface area contributed by atoms with Gasteiger partial charge < -0.3 is 25.3 Å². The Morgan fingerprint density at radius 1 is 1.50 bits per heavy atom. The number of benzene rings is 1. The molecular weight excluding hydrogens is 368 g/mol. The van der Waals surface area contributed by atoms with Crippen molar-refractivity contribution in [2.75, 3.05) is 7.11 Å². The predicted molar refractivity (Wildman–Crippen MR) is 90.1 cm³/mol. The molecule has 0 aliphatic rings. The highest BCUT2D eigenvalue weighted by atomic mass is 35.5. The molecule has 2 N–H and O–H groups in total. The lowest BCUT2D eigenvalue weighted by molar-refractivity contribution is -0.389. The van der Waals surface area contributed by atoms with Crippen LogP contribution in [0.3, 0.4) is 0 Å². The molecule has 0 fully saturated rings. The van der Waals surface area contributed by atoms with E-state index in [9.17, 15) is 24.8 Å². The third-order valence-electron chi connectivity index (χ3n) is 3.53. The number of aryl methyl sites for hydroxylation is 1. The number of halogens is 1. The second kappa shape index (κ2) is 7.83. The molecule has 0 saturated heterocycles. The number of carbonyl (C=O) groups excluding carboxylic acids is 1. The van der Waals surface area contributed by atoms with Crippen LogP contribution in [0.1, 0.15) is 17.4 Å². The van der Waals surface area contributed by atoms with Crippen molar-refractivity contribution in [3.8, 4) is 5.75 Å². The number of carbonyl (C=O) groups is 2. The Bertz CT molecular complexity index is 866. The fraction of sp³-hybridized carbons (Fsp3) is 0.267. The molecule has 2 aromatic rings. The van der Waals surface area contributed by atoms with Gasteiger partial charge in [-0.25, -0.2) is 4.79 Å². The molecule has 2 rings (SSSR count). The second-order valence-corrected chi connectivity index (χ2v) is 5.67. The minimum absolute atomic E-state index is 0.201. The van der Waals surface area contributed by atoms with Gasteiger partial charge in [0.25, 0.3) is 0 Å². The summed E-state index contributed by atoms with van der Waals surface area (Å²) in [6, 6.07) is 3.00. The van der Waals surface area contributed by atoms with Gasteiger partial charge in [0.15, 0.2) is 6.04 Å². The smallest absolute Gasteiger partial charge is 0.381 e. The number of rotatable bonds is 7. The SMILES string of the molecule is COc1ccc(C(NC(=O)Cn2cc([N+](=O)[O-])nc2C)C(=O)O)cc1Cl. The first-order valence-electron chi connectivity index (χ1n) is 7.26. The molecule has 0 aliphatic carbocycles. The molecule has 0 radical (unpaired) electrons. The van der Waals surface area contributed by atoms with Crippen LogP contribution in [0.2, 0.25) is 5.02 Å². The van der Waals surface area contributed by atoms with Crippen LogP contribution in [0.25, 0.3) is 0 Å². The lowest BCUT2D eigenvalue weighted by Crippen LogP contribution is -2.36. The molecule has 26 heavy (non-hydrogen) atoms. The number of aromatic nitrogens is 2. The summed E-state index contributed by atoms with van der Waals surface area (Å²) < 4.78 is 6.26. The van der Waals surface area contributed by atoms with Crippen molar-refractivity contribution in [1.29, 1.82) is 0 Å². The zero-order valence-corrected chi connectivity index (χ0v) is 14.6. The Balaban J connectivity index is 2.17.